The zero-order valence-corrected chi connectivity index (χ0v) is 12.8. The molecule has 1 N–H and O–H groups in total. The van der Waals surface area contributed by atoms with Gasteiger partial charge in [0.15, 0.2) is 0 Å². The second kappa shape index (κ2) is 6.87. The zero-order chi connectivity index (χ0) is 14.7. The Hall–Kier alpha value is -1.95. The minimum atomic E-state index is -0.293. The van der Waals surface area contributed by atoms with Gasteiger partial charge < -0.3 is 15.0 Å². The molecule has 8 heteroatoms. The molecule has 2 heterocycles. The van der Waals surface area contributed by atoms with Gasteiger partial charge in [0.2, 0.25) is 0 Å². The summed E-state index contributed by atoms with van der Waals surface area (Å²) in [6.45, 7) is 2.19. The van der Waals surface area contributed by atoms with Crippen molar-refractivity contribution in [1.29, 1.82) is 0 Å². The minimum absolute atomic E-state index is 0. The Morgan fingerprint density at radius 1 is 1.45 bits per heavy atom. The first-order valence-electron chi connectivity index (χ1n) is 6.96. The molecular formula is C14H18ClN5O2. The van der Waals surface area contributed by atoms with Gasteiger partial charge in [0.1, 0.15) is 6.61 Å². The predicted molar refractivity (Wildman–Crippen MR) is 83.7 cm³/mol. The van der Waals surface area contributed by atoms with Gasteiger partial charge in [-0.15, -0.1) is 12.4 Å². The summed E-state index contributed by atoms with van der Waals surface area (Å²) < 4.78 is 5.29. The van der Waals surface area contributed by atoms with Crippen LogP contribution in [0.15, 0.2) is 35.4 Å². The Morgan fingerprint density at radius 3 is 2.86 bits per heavy atom. The van der Waals surface area contributed by atoms with Gasteiger partial charge in [0.05, 0.1) is 11.6 Å². The number of halogens is 1. The van der Waals surface area contributed by atoms with Crippen LogP contribution in [0.5, 0.6) is 0 Å². The van der Waals surface area contributed by atoms with Crippen LogP contribution in [-0.2, 0) is 11.3 Å². The molecule has 1 aromatic carbocycles. The summed E-state index contributed by atoms with van der Waals surface area (Å²) in [6, 6.07) is 9.59. The molecule has 1 aromatic rings. The summed E-state index contributed by atoms with van der Waals surface area (Å²) >= 11 is 0. The van der Waals surface area contributed by atoms with Crippen LogP contribution in [0.2, 0.25) is 0 Å². The second-order valence-electron chi connectivity index (χ2n) is 5.62. The van der Waals surface area contributed by atoms with Crippen LogP contribution in [0.3, 0.4) is 0 Å². The van der Waals surface area contributed by atoms with E-state index in [0.29, 0.717) is 19.6 Å². The van der Waals surface area contributed by atoms with Gasteiger partial charge in [-0.25, -0.2) is 4.79 Å². The predicted octanol–water partition coefficient (Wildman–Crippen LogP) is 2.47. The number of carbonyl (C=O) groups is 1. The van der Waals surface area contributed by atoms with Gasteiger partial charge in [0, 0.05) is 24.5 Å². The molecule has 1 unspecified atom stereocenters. The topological polar surface area (TPSA) is 90.3 Å². The van der Waals surface area contributed by atoms with Crippen molar-refractivity contribution >= 4 is 18.5 Å². The maximum atomic E-state index is 11.9. The fraction of sp³-hybridized carbons (Fsp3) is 0.500. The van der Waals surface area contributed by atoms with Crippen molar-refractivity contribution in [2.75, 3.05) is 19.6 Å². The molecule has 0 bridgehead atoms. The van der Waals surface area contributed by atoms with E-state index in [0.717, 1.165) is 12.0 Å². The summed E-state index contributed by atoms with van der Waals surface area (Å²) in [6.07, 6.45) is 0.484. The average molecular weight is 324 g/mol. The van der Waals surface area contributed by atoms with Crippen molar-refractivity contribution in [2.45, 2.75) is 24.6 Å². The molecule has 22 heavy (non-hydrogen) atoms. The van der Waals surface area contributed by atoms with Crippen molar-refractivity contribution in [2.24, 2.45) is 5.11 Å². The van der Waals surface area contributed by atoms with Gasteiger partial charge in [-0.05, 0) is 17.5 Å². The number of ether oxygens (including phenoxy) is 1. The number of hydrogen-bond donors (Lipinski definition) is 1. The number of hydrogen-bond acceptors (Lipinski definition) is 4. The molecule has 0 radical (unpaired) electrons. The third kappa shape index (κ3) is 3.44. The molecule has 2 saturated heterocycles. The molecule has 0 aliphatic carbocycles. The highest BCUT2D eigenvalue weighted by Crippen LogP contribution is 2.31. The first kappa shape index (κ1) is 16.4. The summed E-state index contributed by atoms with van der Waals surface area (Å²) in [5, 5.41) is 7.08. The van der Waals surface area contributed by atoms with E-state index in [1.807, 2.05) is 30.3 Å². The zero-order valence-electron chi connectivity index (χ0n) is 12.0. The maximum absolute atomic E-state index is 11.9. The van der Waals surface area contributed by atoms with E-state index in [-0.39, 0.29) is 36.7 Å². The van der Waals surface area contributed by atoms with Crippen LogP contribution < -0.4 is 5.32 Å². The summed E-state index contributed by atoms with van der Waals surface area (Å²) in [7, 11) is 0. The highest BCUT2D eigenvalue weighted by atomic mass is 35.5. The smallest absolute Gasteiger partial charge is 0.410 e. The molecule has 0 aromatic heterocycles. The van der Waals surface area contributed by atoms with Crippen molar-refractivity contribution in [1.82, 2.24) is 10.2 Å². The number of likely N-dealkylation sites (tertiary alicyclic amines) is 1. The molecule has 118 valence electrons. The third-order valence-electron chi connectivity index (χ3n) is 4.00. The number of nitrogens with one attached hydrogen (secondary N) is 1. The lowest BCUT2D eigenvalue weighted by Gasteiger charge is -2.47. The van der Waals surface area contributed by atoms with Gasteiger partial charge in [-0.1, -0.05) is 35.4 Å². The monoisotopic (exact) mass is 323 g/mol. The minimum Gasteiger partial charge on any atom is -0.445 e. The Kier molecular flexibility index (Phi) is 5.13. The van der Waals surface area contributed by atoms with Crippen molar-refractivity contribution < 1.29 is 9.53 Å². The van der Waals surface area contributed by atoms with Gasteiger partial charge in [0.25, 0.3) is 0 Å². The maximum Gasteiger partial charge on any atom is 0.410 e. The Labute approximate surface area is 134 Å². The average Bonchev–Trinajstić information content (AvgIpc) is 2.89. The van der Waals surface area contributed by atoms with Crippen molar-refractivity contribution in [3.8, 4) is 0 Å². The molecule has 2 aliphatic heterocycles. The molecule has 1 spiro atoms. The molecule has 7 nitrogen and oxygen atoms in total. The van der Waals surface area contributed by atoms with Crippen LogP contribution in [0.25, 0.3) is 10.4 Å². The first-order chi connectivity index (χ1) is 10.2. The van der Waals surface area contributed by atoms with Crippen molar-refractivity contribution in [3.63, 3.8) is 0 Å². The SMILES string of the molecule is Cl.[N-]=[N+]=NC1CNC2(C1)CN(C(=O)OCc1ccccc1)C2. The van der Waals surface area contributed by atoms with E-state index in [4.69, 9.17) is 10.3 Å². The normalized spacial score (nSPS) is 21.5. The Balaban J connectivity index is 0.00000176. The van der Waals surface area contributed by atoms with E-state index in [1.54, 1.807) is 4.90 Å². The van der Waals surface area contributed by atoms with Gasteiger partial charge >= 0.3 is 6.09 Å². The number of azide groups is 1. The van der Waals surface area contributed by atoms with Crippen molar-refractivity contribution in [3.05, 3.63) is 46.3 Å². The van der Waals surface area contributed by atoms with E-state index in [2.05, 4.69) is 15.3 Å². The van der Waals surface area contributed by atoms with Crippen LogP contribution >= 0.6 is 12.4 Å². The number of carbonyl (C=O) groups excluding carboxylic acids is 1. The standard InChI is InChI=1S/C14H17N5O2.ClH/c15-18-17-12-6-14(16-7-12)9-19(10-14)13(20)21-8-11-4-2-1-3-5-11;/h1-5,12,16H,6-10H2;1H. The molecule has 1 atom stereocenters. The lowest BCUT2D eigenvalue weighted by Crippen LogP contribution is -2.68. The summed E-state index contributed by atoms with van der Waals surface area (Å²) in [5.41, 5.74) is 9.33. The molecule has 1 amide bonds. The fourth-order valence-corrected chi connectivity index (χ4v) is 2.95. The summed E-state index contributed by atoms with van der Waals surface area (Å²) in [4.78, 5) is 16.5. The molecule has 2 fully saturated rings. The molecule has 0 saturated carbocycles. The lowest BCUT2D eigenvalue weighted by molar-refractivity contribution is 0.0284. The molecule has 3 rings (SSSR count). The van der Waals surface area contributed by atoms with Crippen LogP contribution in [0.4, 0.5) is 4.79 Å². The quantitative estimate of drug-likeness (QED) is 0.526. The van der Waals surface area contributed by atoms with E-state index in [1.165, 1.54) is 0 Å². The van der Waals surface area contributed by atoms with Crippen LogP contribution in [0.1, 0.15) is 12.0 Å². The lowest BCUT2D eigenvalue weighted by atomic mass is 9.88. The Morgan fingerprint density at radius 2 is 2.18 bits per heavy atom. The highest BCUT2D eigenvalue weighted by molar-refractivity contribution is 5.85. The second-order valence-corrected chi connectivity index (χ2v) is 5.62. The molecular weight excluding hydrogens is 306 g/mol. The number of amides is 1. The number of rotatable bonds is 3. The van der Waals surface area contributed by atoms with Crippen LogP contribution in [-0.4, -0.2) is 42.2 Å². The van der Waals surface area contributed by atoms with E-state index in [9.17, 15) is 4.79 Å². The third-order valence-corrected chi connectivity index (χ3v) is 4.00. The first-order valence-corrected chi connectivity index (χ1v) is 6.96. The fourth-order valence-electron chi connectivity index (χ4n) is 2.95. The van der Waals surface area contributed by atoms with Gasteiger partial charge in [-0.2, -0.15) is 0 Å². The Bertz CT molecular complexity index is 570. The highest BCUT2D eigenvalue weighted by Gasteiger charge is 2.49. The summed E-state index contributed by atoms with van der Waals surface area (Å²) in [5.74, 6) is 0. The number of benzene rings is 1. The number of nitrogens with zero attached hydrogens (tertiary/aromatic N) is 4. The largest absolute Gasteiger partial charge is 0.445 e. The van der Waals surface area contributed by atoms with Crippen LogP contribution in [0, 0.1) is 0 Å². The van der Waals surface area contributed by atoms with E-state index >= 15 is 0 Å². The van der Waals surface area contributed by atoms with Gasteiger partial charge in [-0.3, -0.25) is 0 Å². The molecule has 2 aliphatic rings. The van der Waals surface area contributed by atoms with E-state index < -0.39 is 0 Å².